The summed E-state index contributed by atoms with van der Waals surface area (Å²) < 4.78 is 7.04. The van der Waals surface area contributed by atoms with Crippen LogP contribution in [-0.2, 0) is 7.05 Å². The molecule has 1 unspecified atom stereocenters. The summed E-state index contributed by atoms with van der Waals surface area (Å²) in [5.74, 6) is 1.77. The quantitative estimate of drug-likeness (QED) is 0.708. The van der Waals surface area contributed by atoms with Gasteiger partial charge in [-0.15, -0.1) is 0 Å². The molecule has 4 heterocycles. The lowest BCUT2D eigenvalue weighted by molar-refractivity contribution is 0.0716. The number of nitrogens with zero attached hydrogens (tertiary/aromatic N) is 6. The van der Waals surface area contributed by atoms with Crippen LogP contribution in [0, 0.1) is 20.8 Å². The van der Waals surface area contributed by atoms with Gasteiger partial charge in [0.1, 0.15) is 11.6 Å². The van der Waals surface area contributed by atoms with E-state index in [-0.39, 0.29) is 11.9 Å². The number of carbonyl (C=O) groups excluding carboxylic acids is 1. The number of aromatic nitrogens is 5. The zero-order chi connectivity index (χ0) is 19.1. The molecule has 0 saturated carbocycles. The maximum absolute atomic E-state index is 13.0. The minimum absolute atomic E-state index is 0.0693. The fourth-order valence-electron chi connectivity index (χ4n) is 3.76. The molecule has 8 nitrogen and oxygen atoms in total. The van der Waals surface area contributed by atoms with Crippen molar-refractivity contribution in [1.82, 2.24) is 29.6 Å². The Kier molecular flexibility index (Phi) is 4.25. The maximum atomic E-state index is 13.0. The van der Waals surface area contributed by atoms with Crippen LogP contribution < -0.4 is 0 Å². The summed E-state index contributed by atoms with van der Waals surface area (Å²) in [6.45, 7) is 6.33. The molecule has 0 bridgehead atoms. The van der Waals surface area contributed by atoms with Gasteiger partial charge in [0.2, 0.25) is 0 Å². The monoisotopic (exact) mass is 366 g/mol. The maximum Gasteiger partial charge on any atom is 0.290 e. The van der Waals surface area contributed by atoms with Gasteiger partial charge < -0.3 is 14.0 Å². The van der Waals surface area contributed by atoms with E-state index in [9.17, 15) is 4.79 Å². The van der Waals surface area contributed by atoms with E-state index in [2.05, 4.69) is 20.1 Å². The van der Waals surface area contributed by atoms with Gasteiger partial charge in [-0.25, -0.2) is 15.0 Å². The molecule has 3 aromatic heterocycles. The fraction of sp³-hybridized carbons (Fsp3) is 0.421. The summed E-state index contributed by atoms with van der Waals surface area (Å²) in [6.07, 6.45) is 5.23. The Labute approximate surface area is 157 Å². The third kappa shape index (κ3) is 3.01. The van der Waals surface area contributed by atoms with Gasteiger partial charge in [0, 0.05) is 26.0 Å². The molecule has 0 spiro atoms. The second-order valence-corrected chi connectivity index (χ2v) is 6.94. The molecule has 0 radical (unpaired) electrons. The van der Waals surface area contributed by atoms with Crippen LogP contribution in [0.15, 0.2) is 23.0 Å². The number of imidazole rings is 1. The van der Waals surface area contributed by atoms with Crippen molar-refractivity contribution in [2.45, 2.75) is 39.7 Å². The molecular weight excluding hydrogens is 344 g/mol. The van der Waals surface area contributed by atoms with Crippen molar-refractivity contribution in [3.05, 3.63) is 47.3 Å². The van der Waals surface area contributed by atoms with Crippen molar-refractivity contribution in [2.24, 2.45) is 7.05 Å². The van der Waals surface area contributed by atoms with Gasteiger partial charge in [-0.2, -0.15) is 0 Å². The minimum atomic E-state index is -0.0878. The SMILES string of the molecule is Cc1nc(-c2c(C)noc2C)cc(C2CCCN2C(=O)c2nccn2C)n1. The number of rotatable bonds is 3. The molecule has 140 valence electrons. The standard InChI is InChI=1S/C19H22N6O2/c1-11-17(12(2)27-23-11)15-10-14(21-13(3)22-15)16-6-5-8-25(16)19(26)18-20-7-9-24(18)4/h7,9-10,16H,5-6,8H2,1-4H3. The van der Waals surface area contributed by atoms with Gasteiger partial charge in [0.05, 0.1) is 28.7 Å². The van der Waals surface area contributed by atoms with E-state index in [1.807, 2.05) is 38.8 Å². The molecule has 27 heavy (non-hydrogen) atoms. The number of carbonyl (C=O) groups is 1. The summed E-state index contributed by atoms with van der Waals surface area (Å²) in [5.41, 5.74) is 3.31. The lowest BCUT2D eigenvalue weighted by atomic mass is 10.1. The van der Waals surface area contributed by atoms with Crippen LogP contribution in [0.25, 0.3) is 11.3 Å². The second kappa shape index (κ2) is 6.61. The highest BCUT2D eigenvalue weighted by Gasteiger charge is 2.33. The number of aryl methyl sites for hydroxylation is 4. The first-order valence-electron chi connectivity index (χ1n) is 9.03. The van der Waals surface area contributed by atoms with Gasteiger partial charge >= 0.3 is 0 Å². The molecule has 1 atom stereocenters. The zero-order valence-electron chi connectivity index (χ0n) is 15.9. The summed E-state index contributed by atoms with van der Waals surface area (Å²) in [6, 6.07) is 1.86. The molecule has 4 rings (SSSR count). The van der Waals surface area contributed by atoms with Gasteiger partial charge in [-0.05, 0) is 39.7 Å². The Balaban J connectivity index is 1.72. The average molecular weight is 366 g/mol. The lowest BCUT2D eigenvalue weighted by Crippen LogP contribution is -2.33. The lowest BCUT2D eigenvalue weighted by Gasteiger charge is -2.24. The topological polar surface area (TPSA) is 89.9 Å². The van der Waals surface area contributed by atoms with Crippen LogP contribution >= 0.6 is 0 Å². The van der Waals surface area contributed by atoms with Gasteiger partial charge in [0.25, 0.3) is 5.91 Å². The normalized spacial score (nSPS) is 16.9. The molecule has 0 aromatic carbocycles. The summed E-state index contributed by atoms with van der Waals surface area (Å²) in [7, 11) is 1.83. The van der Waals surface area contributed by atoms with Crippen molar-refractivity contribution in [3.8, 4) is 11.3 Å². The molecule has 3 aromatic rings. The fourth-order valence-corrected chi connectivity index (χ4v) is 3.76. The molecule has 1 saturated heterocycles. The van der Waals surface area contributed by atoms with Crippen molar-refractivity contribution >= 4 is 5.91 Å². The van der Waals surface area contributed by atoms with Crippen LogP contribution in [-0.4, -0.2) is 42.0 Å². The highest BCUT2D eigenvalue weighted by Crippen LogP contribution is 2.34. The summed E-state index contributed by atoms with van der Waals surface area (Å²) >= 11 is 0. The van der Waals surface area contributed by atoms with Gasteiger partial charge in [-0.3, -0.25) is 4.79 Å². The highest BCUT2D eigenvalue weighted by molar-refractivity contribution is 5.91. The van der Waals surface area contributed by atoms with E-state index in [1.165, 1.54) is 0 Å². The van der Waals surface area contributed by atoms with E-state index in [0.717, 1.165) is 41.2 Å². The smallest absolute Gasteiger partial charge is 0.290 e. The first-order valence-corrected chi connectivity index (χ1v) is 9.03. The van der Waals surface area contributed by atoms with Gasteiger partial charge in [-0.1, -0.05) is 5.16 Å². The van der Waals surface area contributed by atoms with Crippen LogP contribution in [0.3, 0.4) is 0 Å². The Hall–Kier alpha value is -3.03. The minimum Gasteiger partial charge on any atom is -0.361 e. The Bertz CT molecular complexity index is 986. The third-order valence-electron chi connectivity index (χ3n) is 5.01. The summed E-state index contributed by atoms with van der Waals surface area (Å²) in [5, 5.41) is 4.03. The molecule has 8 heteroatoms. The van der Waals surface area contributed by atoms with Crippen LogP contribution in [0.2, 0.25) is 0 Å². The number of amides is 1. The molecule has 1 aliphatic heterocycles. The molecule has 1 aliphatic rings. The van der Waals surface area contributed by atoms with E-state index < -0.39 is 0 Å². The molecule has 1 amide bonds. The third-order valence-corrected chi connectivity index (χ3v) is 5.01. The molecule has 0 aliphatic carbocycles. The van der Waals surface area contributed by atoms with Crippen molar-refractivity contribution in [3.63, 3.8) is 0 Å². The van der Waals surface area contributed by atoms with Crippen molar-refractivity contribution in [1.29, 1.82) is 0 Å². The first-order chi connectivity index (χ1) is 13.0. The van der Waals surface area contributed by atoms with Crippen LogP contribution in [0.5, 0.6) is 0 Å². The van der Waals surface area contributed by atoms with E-state index in [0.29, 0.717) is 18.2 Å². The second-order valence-electron chi connectivity index (χ2n) is 6.94. The van der Waals surface area contributed by atoms with Crippen LogP contribution in [0.1, 0.15) is 52.5 Å². The van der Waals surface area contributed by atoms with Crippen LogP contribution in [0.4, 0.5) is 0 Å². The number of hydrogen-bond acceptors (Lipinski definition) is 6. The average Bonchev–Trinajstić information content (AvgIpc) is 3.34. The zero-order valence-corrected chi connectivity index (χ0v) is 15.9. The van der Waals surface area contributed by atoms with Gasteiger partial charge in [0.15, 0.2) is 5.82 Å². The molecular formula is C19H22N6O2. The number of hydrogen-bond donors (Lipinski definition) is 0. The highest BCUT2D eigenvalue weighted by atomic mass is 16.5. The number of likely N-dealkylation sites (tertiary alicyclic amines) is 1. The largest absolute Gasteiger partial charge is 0.361 e. The first kappa shape index (κ1) is 17.4. The Morgan fingerprint density at radius 1 is 1.26 bits per heavy atom. The summed E-state index contributed by atoms with van der Waals surface area (Å²) in [4.78, 5) is 28.3. The predicted octanol–water partition coefficient (Wildman–Crippen LogP) is 2.77. The van der Waals surface area contributed by atoms with Crippen molar-refractivity contribution in [2.75, 3.05) is 6.54 Å². The van der Waals surface area contributed by atoms with E-state index in [1.54, 1.807) is 17.0 Å². The predicted molar refractivity (Wildman–Crippen MR) is 98.0 cm³/mol. The Morgan fingerprint density at radius 2 is 2.07 bits per heavy atom. The molecule has 0 N–H and O–H groups in total. The van der Waals surface area contributed by atoms with Crippen molar-refractivity contribution < 1.29 is 9.32 Å². The Morgan fingerprint density at radius 3 is 2.74 bits per heavy atom. The van der Waals surface area contributed by atoms with E-state index in [4.69, 9.17) is 4.52 Å². The van der Waals surface area contributed by atoms with E-state index >= 15 is 0 Å². The molecule has 1 fully saturated rings.